The summed E-state index contributed by atoms with van der Waals surface area (Å²) in [6.07, 6.45) is -2.88. The molecule has 0 unspecified atom stereocenters. The molecule has 1 saturated heterocycles. The van der Waals surface area contributed by atoms with Gasteiger partial charge in [0.1, 0.15) is 5.75 Å². The topological polar surface area (TPSA) is 61.5 Å². The summed E-state index contributed by atoms with van der Waals surface area (Å²) < 4.78 is 44.1. The minimum absolute atomic E-state index is 0.164. The molecule has 1 fully saturated rings. The van der Waals surface area contributed by atoms with E-state index >= 15 is 0 Å². The number of nitrogens with one attached hydrogen (secondary N) is 1. The van der Waals surface area contributed by atoms with Crippen LogP contribution in [0.4, 0.5) is 18.9 Å². The van der Waals surface area contributed by atoms with Crippen LogP contribution in [0.2, 0.25) is 0 Å². The molecule has 1 aliphatic heterocycles. The van der Waals surface area contributed by atoms with E-state index < -0.39 is 11.7 Å². The van der Waals surface area contributed by atoms with Crippen molar-refractivity contribution in [3.05, 3.63) is 65.9 Å². The maximum Gasteiger partial charge on any atom is 0.416 e. The molecule has 3 aromatic rings. The number of aromatic amines is 1. The van der Waals surface area contributed by atoms with E-state index in [0.29, 0.717) is 48.9 Å². The van der Waals surface area contributed by atoms with Gasteiger partial charge in [0.25, 0.3) is 5.91 Å². The predicted octanol–water partition coefficient (Wildman–Crippen LogP) is 4.07. The molecule has 0 bridgehead atoms. The number of benzene rings is 2. The van der Waals surface area contributed by atoms with Gasteiger partial charge in [-0.1, -0.05) is 6.07 Å². The Bertz CT molecular complexity index is 1060. The third-order valence-electron chi connectivity index (χ3n) is 5.35. The number of halogens is 3. The molecule has 0 radical (unpaired) electrons. The van der Waals surface area contributed by atoms with E-state index in [1.54, 1.807) is 30.2 Å². The number of carbonyl (C=O) groups is 1. The predicted molar refractivity (Wildman–Crippen MR) is 110 cm³/mol. The van der Waals surface area contributed by atoms with Crippen molar-refractivity contribution in [3.8, 4) is 17.0 Å². The minimum Gasteiger partial charge on any atom is -0.497 e. The van der Waals surface area contributed by atoms with Crippen molar-refractivity contribution in [3.63, 3.8) is 0 Å². The Labute approximate surface area is 177 Å². The maximum atomic E-state index is 13.1. The molecule has 0 saturated carbocycles. The lowest BCUT2D eigenvalue weighted by molar-refractivity contribution is -0.137. The van der Waals surface area contributed by atoms with Gasteiger partial charge in [-0.2, -0.15) is 18.3 Å². The second kappa shape index (κ2) is 8.33. The average Bonchev–Trinajstić information content (AvgIpc) is 3.28. The summed E-state index contributed by atoms with van der Waals surface area (Å²) in [5.74, 6) is 0.546. The normalized spacial score (nSPS) is 14.6. The van der Waals surface area contributed by atoms with Crippen LogP contribution in [0.5, 0.6) is 5.75 Å². The lowest BCUT2D eigenvalue weighted by Crippen LogP contribution is -2.48. The van der Waals surface area contributed by atoms with Crippen molar-refractivity contribution in [1.82, 2.24) is 15.1 Å². The molecule has 2 aromatic carbocycles. The van der Waals surface area contributed by atoms with Gasteiger partial charge < -0.3 is 14.5 Å². The lowest BCUT2D eigenvalue weighted by Gasteiger charge is -2.36. The first-order valence-electron chi connectivity index (χ1n) is 9.76. The van der Waals surface area contributed by atoms with Crippen molar-refractivity contribution in [2.24, 2.45) is 0 Å². The zero-order valence-electron chi connectivity index (χ0n) is 16.8. The van der Waals surface area contributed by atoms with Crippen LogP contribution in [0.15, 0.2) is 54.7 Å². The standard InChI is InChI=1S/C22H21F3N4O2/c1-31-18-7-5-15(6-8-18)20-19(14-26-27-20)21(30)29-11-9-28(10-12-29)17-4-2-3-16(13-17)22(23,24)25/h2-8,13-14H,9-12H2,1H3,(H,26,27). The zero-order chi connectivity index (χ0) is 22.0. The lowest BCUT2D eigenvalue weighted by atomic mass is 10.1. The Balaban J connectivity index is 1.45. The molecule has 2 heterocycles. The number of rotatable bonds is 4. The van der Waals surface area contributed by atoms with Crippen LogP contribution in [0.25, 0.3) is 11.3 Å². The fraction of sp³-hybridized carbons (Fsp3) is 0.273. The summed E-state index contributed by atoms with van der Waals surface area (Å²) in [6, 6.07) is 12.6. The van der Waals surface area contributed by atoms with Gasteiger partial charge in [0.2, 0.25) is 0 Å². The van der Waals surface area contributed by atoms with Crippen LogP contribution in [0.3, 0.4) is 0 Å². The molecule has 4 rings (SSSR count). The minimum atomic E-state index is -4.38. The van der Waals surface area contributed by atoms with Crippen molar-refractivity contribution < 1.29 is 22.7 Å². The Morgan fingerprint density at radius 1 is 1.06 bits per heavy atom. The van der Waals surface area contributed by atoms with E-state index in [-0.39, 0.29) is 5.91 Å². The highest BCUT2D eigenvalue weighted by molar-refractivity contribution is 5.99. The van der Waals surface area contributed by atoms with E-state index in [1.807, 2.05) is 17.0 Å². The number of amides is 1. The summed E-state index contributed by atoms with van der Waals surface area (Å²) in [6.45, 7) is 1.70. The molecule has 162 valence electrons. The highest BCUT2D eigenvalue weighted by Crippen LogP contribution is 2.32. The van der Waals surface area contributed by atoms with Crippen molar-refractivity contribution >= 4 is 11.6 Å². The van der Waals surface area contributed by atoms with Crippen LogP contribution in [-0.4, -0.2) is 54.3 Å². The molecule has 0 spiro atoms. The summed E-state index contributed by atoms with van der Waals surface area (Å²) in [4.78, 5) is 16.6. The molecular formula is C22H21F3N4O2. The Morgan fingerprint density at radius 2 is 1.77 bits per heavy atom. The van der Waals surface area contributed by atoms with Crippen LogP contribution >= 0.6 is 0 Å². The Hall–Kier alpha value is -3.49. The fourth-order valence-corrected chi connectivity index (χ4v) is 3.64. The van der Waals surface area contributed by atoms with Gasteiger partial charge in [0.15, 0.2) is 0 Å². The highest BCUT2D eigenvalue weighted by Gasteiger charge is 2.31. The molecule has 0 atom stereocenters. The number of hydrogen-bond donors (Lipinski definition) is 1. The first-order chi connectivity index (χ1) is 14.9. The van der Waals surface area contributed by atoms with Crippen LogP contribution in [-0.2, 0) is 6.18 Å². The Kier molecular flexibility index (Phi) is 5.58. The number of nitrogens with zero attached hydrogens (tertiary/aromatic N) is 3. The molecule has 31 heavy (non-hydrogen) atoms. The second-order valence-electron chi connectivity index (χ2n) is 7.21. The number of piperazine rings is 1. The van der Waals surface area contributed by atoms with E-state index in [9.17, 15) is 18.0 Å². The number of methoxy groups -OCH3 is 1. The monoisotopic (exact) mass is 430 g/mol. The van der Waals surface area contributed by atoms with Crippen molar-refractivity contribution in [2.75, 3.05) is 38.2 Å². The largest absolute Gasteiger partial charge is 0.497 e. The Morgan fingerprint density at radius 3 is 2.42 bits per heavy atom. The summed E-state index contributed by atoms with van der Waals surface area (Å²) in [5.41, 5.74) is 1.71. The van der Waals surface area contributed by atoms with Gasteiger partial charge >= 0.3 is 6.18 Å². The third kappa shape index (κ3) is 4.35. The van der Waals surface area contributed by atoms with Crippen molar-refractivity contribution in [1.29, 1.82) is 0 Å². The van der Waals surface area contributed by atoms with Gasteiger partial charge in [-0.05, 0) is 42.5 Å². The smallest absolute Gasteiger partial charge is 0.416 e. The van der Waals surface area contributed by atoms with Gasteiger partial charge in [-0.25, -0.2) is 0 Å². The summed E-state index contributed by atoms with van der Waals surface area (Å²) in [5, 5.41) is 6.91. The van der Waals surface area contributed by atoms with Crippen LogP contribution in [0, 0.1) is 0 Å². The van der Waals surface area contributed by atoms with Crippen LogP contribution in [0.1, 0.15) is 15.9 Å². The highest BCUT2D eigenvalue weighted by atomic mass is 19.4. The number of aromatic nitrogens is 2. The molecule has 6 nitrogen and oxygen atoms in total. The van der Waals surface area contributed by atoms with E-state index in [2.05, 4.69) is 10.2 Å². The van der Waals surface area contributed by atoms with Crippen LogP contribution < -0.4 is 9.64 Å². The molecule has 9 heteroatoms. The SMILES string of the molecule is COc1ccc(-c2[nH]ncc2C(=O)N2CCN(c3cccc(C(F)(F)F)c3)CC2)cc1. The number of anilines is 1. The van der Waals surface area contributed by atoms with E-state index in [0.717, 1.165) is 17.7 Å². The third-order valence-corrected chi connectivity index (χ3v) is 5.35. The molecule has 1 N–H and O–H groups in total. The van der Waals surface area contributed by atoms with Crippen molar-refractivity contribution in [2.45, 2.75) is 6.18 Å². The second-order valence-corrected chi connectivity index (χ2v) is 7.21. The average molecular weight is 430 g/mol. The molecule has 1 aliphatic rings. The number of alkyl halides is 3. The summed E-state index contributed by atoms with van der Waals surface area (Å²) >= 11 is 0. The number of carbonyl (C=O) groups excluding carboxylic acids is 1. The van der Waals surface area contributed by atoms with Gasteiger partial charge in [0, 0.05) is 37.4 Å². The molecule has 1 aromatic heterocycles. The quantitative estimate of drug-likeness (QED) is 0.678. The number of H-pyrrole nitrogens is 1. The zero-order valence-corrected chi connectivity index (χ0v) is 16.8. The van der Waals surface area contributed by atoms with E-state index in [1.165, 1.54) is 12.3 Å². The molecular weight excluding hydrogens is 409 g/mol. The van der Waals surface area contributed by atoms with Gasteiger partial charge in [0.05, 0.1) is 30.1 Å². The molecule has 1 amide bonds. The van der Waals surface area contributed by atoms with Gasteiger partial charge in [-0.3, -0.25) is 9.89 Å². The number of ether oxygens (including phenoxy) is 1. The van der Waals surface area contributed by atoms with E-state index in [4.69, 9.17) is 4.74 Å². The first kappa shape index (κ1) is 20.8. The molecule has 0 aliphatic carbocycles. The summed E-state index contributed by atoms with van der Waals surface area (Å²) in [7, 11) is 1.58. The maximum absolute atomic E-state index is 13.1. The number of hydrogen-bond acceptors (Lipinski definition) is 4. The van der Waals surface area contributed by atoms with Gasteiger partial charge in [-0.15, -0.1) is 0 Å². The fourth-order valence-electron chi connectivity index (χ4n) is 3.64. The first-order valence-corrected chi connectivity index (χ1v) is 9.76.